The number of unbranched alkanes of at least 4 members (excludes halogenated alkanes) is 1. The summed E-state index contributed by atoms with van der Waals surface area (Å²) in [6.45, 7) is 18.5. The van der Waals surface area contributed by atoms with Crippen LogP contribution >= 0.6 is 0 Å². The summed E-state index contributed by atoms with van der Waals surface area (Å²) in [6, 6.07) is 1.99. The number of benzene rings is 2. The minimum Gasteiger partial charge on any atom is -0.508 e. The van der Waals surface area contributed by atoms with E-state index in [9.17, 15) is 39.9 Å². The molecule has 10 rings (SSSR count). The van der Waals surface area contributed by atoms with Gasteiger partial charge in [0, 0.05) is 52.5 Å². The summed E-state index contributed by atoms with van der Waals surface area (Å²) in [7, 11) is 0. The van der Waals surface area contributed by atoms with Crippen molar-refractivity contribution in [2.75, 3.05) is 6.54 Å². The zero-order chi connectivity index (χ0) is 45.8. The van der Waals surface area contributed by atoms with Gasteiger partial charge in [-0.1, -0.05) is 55.4 Å². The van der Waals surface area contributed by atoms with Gasteiger partial charge >= 0.3 is 5.97 Å². The minimum atomic E-state index is -1.12. The Morgan fingerprint density at radius 3 is 1.64 bits per heavy atom. The average molecular weight is 883 g/mol. The molecule has 2 aromatic rings. The zero-order valence-electron chi connectivity index (χ0n) is 39.2. The summed E-state index contributed by atoms with van der Waals surface area (Å²) < 4.78 is 14.4. The van der Waals surface area contributed by atoms with Crippen LogP contribution in [0.4, 0.5) is 0 Å². The van der Waals surface area contributed by atoms with Crippen LogP contribution in [0.1, 0.15) is 169 Å². The Morgan fingerprint density at radius 1 is 0.688 bits per heavy atom. The van der Waals surface area contributed by atoms with E-state index in [1.54, 1.807) is 11.0 Å². The van der Waals surface area contributed by atoms with Gasteiger partial charge in [0.2, 0.25) is 0 Å². The van der Waals surface area contributed by atoms with Crippen LogP contribution in [0.3, 0.4) is 0 Å². The standard InChI is InChI=1S/C52H70N2O10/c1-27-12-14-38-47(3,4)40(57)16-18-49(38,7)51(27)23-31-36(55)21-29-33(42(31)63-51)25-53(44(29)59)20-10-9-11-35(46(61)62)54-26-34-30(45(54)60)22-37(56)32-24-52(64-43(32)34)28(2)13-15-39-48(5,6)41(58)17-19-50(39,52)8/h21-22,27-28,35,38-41,55-58H,9-20,23-26H2,1-8H3,(H,61,62). The SMILES string of the molecule is CC1CCC2C(C)(C)C(O)CCC2(C)C12Cc1c(O)cc3c(c1O2)CN(CCCCC(C(=O)O)N1Cc2c(cc(O)c4c2OC2(C4)C(C)CCC4C(C)(C)C(O)CCC42C)C1=O)C3=O. The van der Waals surface area contributed by atoms with Gasteiger partial charge in [0.1, 0.15) is 40.2 Å². The van der Waals surface area contributed by atoms with Crippen LogP contribution < -0.4 is 9.47 Å². The van der Waals surface area contributed by atoms with Crippen molar-refractivity contribution in [3.8, 4) is 23.0 Å². The van der Waals surface area contributed by atoms with Crippen LogP contribution in [0, 0.1) is 45.3 Å². The van der Waals surface area contributed by atoms with Gasteiger partial charge in [-0.25, -0.2) is 4.79 Å². The van der Waals surface area contributed by atoms with E-state index in [0.29, 0.717) is 79.8 Å². The van der Waals surface area contributed by atoms with Gasteiger partial charge in [-0.05, 0) is 117 Å². The number of ether oxygens (including phenoxy) is 2. The number of phenols is 2. The minimum absolute atomic E-state index is 0.000884. The number of hydrogen-bond acceptors (Lipinski definition) is 9. The van der Waals surface area contributed by atoms with Crippen molar-refractivity contribution in [2.45, 2.75) is 181 Å². The van der Waals surface area contributed by atoms with Crippen molar-refractivity contribution in [2.24, 2.45) is 45.3 Å². The van der Waals surface area contributed by atoms with Crippen LogP contribution in [0.15, 0.2) is 12.1 Å². The number of fused-ring (bicyclic) bond motifs is 10. The Balaban J connectivity index is 0.831. The first kappa shape index (κ1) is 43.8. The number of rotatable bonds is 7. The largest absolute Gasteiger partial charge is 0.508 e. The van der Waals surface area contributed by atoms with Crippen molar-refractivity contribution in [1.82, 2.24) is 9.80 Å². The lowest BCUT2D eigenvalue weighted by atomic mass is 9.43. The molecular formula is C52H70N2O10. The van der Waals surface area contributed by atoms with Crippen LogP contribution in [0.25, 0.3) is 0 Å². The monoisotopic (exact) mass is 883 g/mol. The number of amides is 2. The number of carbonyl (C=O) groups is 3. The van der Waals surface area contributed by atoms with Crippen molar-refractivity contribution in [3.05, 3.63) is 45.5 Å². The molecule has 12 heteroatoms. The number of aromatic hydroxyl groups is 2. The maximum atomic E-state index is 14.1. The maximum absolute atomic E-state index is 14.1. The molecule has 0 radical (unpaired) electrons. The van der Waals surface area contributed by atoms with E-state index < -0.39 is 35.2 Å². The molecule has 4 aliphatic carbocycles. The number of aliphatic hydroxyl groups is 2. The third-order valence-corrected chi connectivity index (χ3v) is 20.1. The van der Waals surface area contributed by atoms with E-state index in [1.165, 1.54) is 11.0 Å². The second-order valence-electron chi connectivity index (χ2n) is 23.5. The van der Waals surface area contributed by atoms with Gasteiger partial charge in [0.05, 0.1) is 36.4 Å². The molecular weight excluding hydrogens is 813 g/mol. The molecule has 348 valence electrons. The molecule has 2 spiro atoms. The quantitative estimate of drug-likeness (QED) is 0.171. The van der Waals surface area contributed by atoms with E-state index in [4.69, 9.17) is 9.47 Å². The predicted molar refractivity (Wildman–Crippen MR) is 238 cm³/mol. The number of carbonyl (C=O) groups excluding carboxylic acids is 2. The molecule has 4 aliphatic heterocycles. The highest BCUT2D eigenvalue weighted by Crippen LogP contribution is 2.69. The Hall–Kier alpha value is -4.03. The molecule has 0 saturated heterocycles. The van der Waals surface area contributed by atoms with Gasteiger partial charge in [-0.15, -0.1) is 0 Å². The molecule has 4 saturated carbocycles. The summed E-state index contributed by atoms with van der Waals surface area (Å²) in [5.74, 6) is 0.284. The molecule has 4 fully saturated rings. The highest BCUT2D eigenvalue weighted by molar-refractivity contribution is 6.02. The Morgan fingerprint density at radius 2 is 1.16 bits per heavy atom. The van der Waals surface area contributed by atoms with Gasteiger partial charge < -0.3 is 44.8 Å². The number of phenolic OH excluding ortho intramolecular Hbond substituents is 2. The first-order valence-electron chi connectivity index (χ1n) is 24.4. The number of carboxylic acids is 1. The summed E-state index contributed by atoms with van der Waals surface area (Å²) in [6.07, 6.45) is 8.21. The summed E-state index contributed by atoms with van der Waals surface area (Å²) in [5, 5.41) is 55.7. The molecule has 2 aromatic carbocycles. The second kappa shape index (κ2) is 14.2. The molecule has 11 unspecified atom stereocenters. The van der Waals surface area contributed by atoms with Crippen molar-refractivity contribution in [3.63, 3.8) is 0 Å². The fraction of sp³-hybridized carbons (Fsp3) is 0.712. The fourth-order valence-electron chi connectivity index (χ4n) is 16.1. The Kier molecular flexibility index (Phi) is 9.75. The summed E-state index contributed by atoms with van der Waals surface area (Å²) in [5.41, 5.74) is 1.24. The number of carboxylic acid groups (broad SMARTS) is 1. The molecule has 0 bridgehead atoms. The topological polar surface area (TPSA) is 177 Å². The average Bonchev–Trinajstić information content (AvgIpc) is 4.00. The van der Waals surface area contributed by atoms with Gasteiger partial charge in [0.25, 0.3) is 11.8 Å². The third kappa shape index (κ3) is 5.62. The highest BCUT2D eigenvalue weighted by atomic mass is 16.5. The number of hydrogen-bond donors (Lipinski definition) is 5. The number of nitrogens with zero attached hydrogens (tertiary/aromatic N) is 2. The molecule has 12 nitrogen and oxygen atoms in total. The highest BCUT2D eigenvalue weighted by Gasteiger charge is 2.69. The lowest BCUT2D eigenvalue weighted by Gasteiger charge is -2.64. The van der Waals surface area contributed by atoms with Gasteiger partial charge in [-0.2, -0.15) is 0 Å². The molecule has 0 aromatic heterocycles. The van der Waals surface area contributed by atoms with Crippen LogP contribution in [0.5, 0.6) is 23.0 Å². The lowest BCUT2D eigenvalue weighted by Crippen LogP contribution is -2.66. The van der Waals surface area contributed by atoms with Crippen LogP contribution in [0.2, 0.25) is 0 Å². The Labute approximate surface area is 377 Å². The van der Waals surface area contributed by atoms with E-state index in [0.717, 1.165) is 49.7 Å². The smallest absolute Gasteiger partial charge is 0.326 e. The van der Waals surface area contributed by atoms with E-state index in [2.05, 4.69) is 55.4 Å². The number of aliphatic carboxylic acids is 1. The first-order chi connectivity index (χ1) is 30.0. The van der Waals surface area contributed by atoms with Crippen molar-refractivity contribution >= 4 is 17.8 Å². The molecule has 5 N–H and O–H groups in total. The predicted octanol–water partition coefficient (Wildman–Crippen LogP) is 8.15. The van der Waals surface area contributed by atoms with Gasteiger partial charge in [0.15, 0.2) is 0 Å². The first-order valence-corrected chi connectivity index (χ1v) is 24.4. The van der Waals surface area contributed by atoms with E-state index >= 15 is 0 Å². The molecule has 4 heterocycles. The second-order valence-corrected chi connectivity index (χ2v) is 23.5. The summed E-state index contributed by atoms with van der Waals surface area (Å²) >= 11 is 0. The van der Waals surface area contributed by atoms with Crippen LogP contribution in [-0.2, 0) is 30.7 Å². The molecule has 8 aliphatic rings. The van der Waals surface area contributed by atoms with Gasteiger partial charge in [-0.3, -0.25) is 9.59 Å². The fourth-order valence-corrected chi connectivity index (χ4v) is 16.1. The lowest BCUT2D eigenvalue weighted by molar-refractivity contribution is -0.210. The molecule has 2 amide bonds. The van der Waals surface area contributed by atoms with Crippen molar-refractivity contribution < 1.29 is 49.4 Å². The summed E-state index contributed by atoms with van der Waals surface area (Å²) in [4.78, 5) is 44.2. The van der Waals surface area contributed by atoms with Crippen LogP contribution in [-0.4, -0.2) is 89.1 Å². The van der Waals surface area contributed by atoms with Crippen molar-refractivity contribution in [1.29, 1.82) is 0 Å². The Bertz CT molecular complexity index is 2340. The molecule has 11 atom stereocenters. The van der Waals surface area contributed by atoms with E-state index in [-0.39, 0.29) is 87.4 Å². The maximum Gasteiger partial charge on any atom is 0.326 e. The zero-order valence-corrected chi connectivity index (χ0v) is 39.2. The molecule has 64 heavy (non-hydrogen) atoms. The normalized spacial score (nSPS) is 38.0. The van der Waals surface area contributed by atoms with E-state index in [1.807, 2.05) is 0 Å². The third-order valence-electron chi connectivity index (χ3n) is 20.1. The number of aliphatic hydroxyl groups excluding tert-OH is 2.